The van der Waals surface area contributed by atoms with Gasteiger partial charge in [-0.1, -0.05) is 0 Å². The molecule has 98 valence electrons. The Bertz CT molecular complexity index is 403. The highest BCUT2D eigenvalue weighted by atomic mass is 19.1. The summed E-state index contributed by atoms with van der Waals surface area (Å²) < 4.78 is 17.9. The van der Waals surface area contributed by atoms with Crippen molar-refractivity contribution in [2.75, 3.05) is 13.2 Å². The number of nitrogens with one attached hydrogen (secondary N) is 1. The number of aliphatic hydroxyl groups is 1. The average Bonchev–Trinajstić information content (AvgIpc) is 3.19. The minimum Gasteiger partial charge on any atom is -0.491 e. The number of amides is 1. The van der Waals surface area contributed by atoms with Crippen LogP contribution in [0.3, 0.4) is 0 Å². The van der Waals surface area contributed by atoms with E-state index in [-0.39, 0.29) is 30.8 Å². The fraction of sp³-hybridized carbons (Fsp3) is 0.462. The summed E-state index contributed by atoms with van der Waals surface area (Å²) in [5.41, 5.74) is 0. The highest BCUT2D eigenvalue weighted by Gasteiger charge is 2.29. The second-order valence-electron chi connectivity index (χ2n) is 4.44. The molecular weight excluding hydrogens is 237 g/mol. The van der Waals surface area contributed by atoms with Crippen LogP contribution in [0.1, 0.15) is 12.8 Å². The van der Waals surface area contributed by atoms with Gasteiger partial charge in [0, 0.05) is 12.5 Å². The Morgan fingerprint density at radius 3 is 2.72 bits per heavy atom. The second kappa shape index (κ2) is 5.82. The smallest absolute Gasteiger partial charge is 0.223 e. The van der Waals surface area contributed by atoms with Crippen molar-refractivity contribution >= 4 is 5.91 Å². The minimum absolute atomic E-state index is 0.00386. The topological polar surface area (TPSA) is 58.6 Å². The Hall–Kier alpha value is -1.62. The highest BCUT2D eigenvalue weighted by Crippen LogP contribution is 2.28. The van der Waals surface area contributed by atoms with Gasteiger partial charge >= 0.3 is 0 Å². The first kappa shape index (κ1) is 12.8. The number of rotatable bonds is 6. The van der Waals surface area contributed by atoms with E-state index in [0.29, 0.717) is 5.75 Å². The molecule has 4 nitrogen and oxygen atoms in total. The highest BCUT2D eigenvalue weighted by molar-refractivity contribution is 5.80. The molecule has 5 heteroatoms. The first-order valence-corrected chi connectivity index (χ1v) is 5.99. The van der Waals surface area contributed by atoms with Gasteiger partial charge in [0.1, 0.15) is 24.3 Å². The standard InChI is InChI=1S/C13H16FNO3/c14-10-3-5-12(6-4-10)18-8-11(16)7-15-13(17)9-1-2-9/h3-6,9,11,16H,1-2,7-8H2,(H,15,17). The van der Waals surface area contributed by atoms with Crippen molar-refractivity contribution in [1.82, 2.24) is 5.32 Å². The molecule has 0 aromatic heterocycles. The molecule has 1 unspecified atom stereocenters. The van der Waals surface area contributed by atoms with E-state index in [0.717, 1.165) is 12.8 Å². The van der Waals surface area contributed by atoms with Gasteiger partial charge in [-0.2, -0.15) is 0 Å². The summed E-state index contributed by atoms with van der Waals surface area (Å²) in [5, 5.41) is 12.3. The zero-order valence-electron chi connectivity index (χ0n) is 9.93. The molecule has 1 aromatic carbocycles. The lowest BCUT2D eigenvalue weighted by molar-refractivity contribution is -0.122. The van der Waals surface area contributed by atoms with Gasteiger partial charge in [0.2, 0.25) is 5.91 Å². The van der Waals surface area contributed by atoms with Gasteiger partial charge in [0.15, 0.2) is 0 Å². The number of carbonyl (C=O) groups is 1. The lowest BCUT2D eigenvalue weighted by Gasteiger charge is -2.13. The van der Waals surface area contributed by atoms with E-state index in [1.165, 1.54) is 24.3 Å². The Morgan fingerprint density at radius 2 is 2.11 bits per heavy atom. The molecule has 1 aromatic rings. The molecule has 1 fully saturated rings. The fourth-order valence-corrected chi connectivity index (χ4v) is 1.49. The van der Waals surface area contributed by atoms with Gasteiger partial charge in [-0.15, -0.1) is 0 Å². The van der Waals surface area contributed by atoms with Crippen LogP contribution in [0.5, 0.6) is 5.75 Å². The maximum absolute atomic E-state index is 12.6. The number of halogens is 1. The molecule has 2 N–H and O–H groups in total. The van der Waals surface area contributed by atoms with Crippen LogP contribution in [-0.4, -0.2) is 30.3 Å². The predicted molar refractivity (Wildman–Crippen MR) is 63.6 cm³/mol. The molecule has 0 radical (unpaired) electrons. The monoisotopic (exact) mass is 253 g/mol. The molecule has 1 atom stereocenters. The summed E-state index contributed by atoms with van der Waals surface area (Å²) in [7, 11) is 0. The van der Waals surface area contributed by atoms with E-state index in [2.05, 4.69) is 5.32 Å². The molecule has 0 heterocycles. The van der Waals surface area contributed by atoms with E-state index in [4.69, 9.17) is 4.74 Å². The van der Waals surface area contributed by atoms with E-state index >= 15 is 0 Å². The molecule has 0 saturated heterocycles. The summed E-state index contributed by atoms with van der Waals surface area (Å²) in [6.07, 6.45) is 1.11. The first-order chi connectivity index (χ1) is 8.65. The van der Waals surface area contributed by atoms with Crippen molar-refractivity contribution in [3.63, 3.8) is 0 Å². The van der Waals surface area contributed by atoms with Crippen LogP contribution in [0.4, 0.5) is 4.39 Å². The number of hydrogen-bond acceptors (Lipinski definition) is 3. The molecule has 2 rings (SSSR count). The normalized spacial score (nSPS) is 16.1. The zero-order chi connectivity index (χ0) is 13.0. The summed E-state index contributed by atoms with van der Waals surface area (Å²) in [6.45, 7) is 0.243. The van der Waals surface area contributed by atoms with E-state index in [1.54, 1.807) is 0 Å². The van der Waals surface area contributed by atoms with Crippen LogP contribution in [-0.2, 0) is 4.79 Å². The Labute approximate surface area is 105 Å². The van der Waals surface area contributed by atoms with Gasteiger partial charge in [-0.25, -0.2) is 4.39 Å². The molecular formula is C13H16FNO3. The van der Waals surface area contributed by atoms with Crippen molar-refractivity contribution in [3.8, 4) is 5.75 Å². The van der Waals surface area contributed by atoms with Crippen molar-refractivity contribution in [1.29, 1.82) is 0 Å². The van der Waals surface area contributed by atoms with E-state index < -0.39 is 6.10 Å². The third-order valence-corrected chi connectivity index (χ3v) is 2.72. The molecule has 18 heavy (non-hydrogen) atoms. The number of hydrogen-bond donors (Lipinski definition) is 2. The van der Waals surface area contributed by atoms with Crippen LogP contribution < -0.4 is 10.1 Å². The van der Waals surface area contributed by atoms with Crippen molar-refractivity contribution in [2.45, 2.75) is 18.9 Å². The largest absolute Gasteiger partial charge is 0.491 e. The maximum Gasteiger partial charge on any atom is 0.223 e. The molecule has 1 saturated carbocycles. The second-order valence-corrected chi connectivity index (χ2v) is 4.44. The van der Waals surface area contributed by atoms with E-state index in [1.807, 2.05) is 0 Å². The molecule has 0 bridgehead atoms. The zero-order valence-corrected chi connectivity index (χ0v) is 9.93. The average molecular weight is 253 g/mol. The van der Waals surface area contributed by atoms with Crippen molar-refractivity contribution in [2.24, 2.45) is 5.92 Å². The summed E-state index contributed by atoms with van der Waals surface area (Å²) in [6, 6.07) is 5.56. The summed E-state index contributed by atoms with van der Waals surface area (Å²) in [5.74, 6) is 0.287. The van der Waals surface area contributed by atoms with Gasteiger partial charge in [0.25, 0.3) is 0 Å². The van der Waals surface area contributed by atoms with Gasteiger partial charge in [0.05, 0.1) is 0 Å². The lowest BCUT2D eigenvalue weighted by Crippen LogP contribution is -2.36. The van der Waals surface area contributed by atoms with Crippen molar-refractivity contribution < 1.29 is 19.0 Å². The Balaban J connectivity index is 1.66. The quantitative estimate of drug-likeness (QED) is 0.798. The van der Waals surface area contributed by atoms with Crippen LogP contribution in [0, 0.1) is 11.7 Å². The third kappa shape index (κ3) is 4.00. The van der Waals surface area contributed by atoms with Crippen LogP contribution in [0.15, 0.2) is 24.3 Å². The molecule has 1 aliphatic carbocycles. The molecule has 0 aliphatic heterocycles. The number of aliphatic hydroxyl groups excluding tert-OH is 1. The number of carbonyl (C=O) groups excluding carboxylic acids is 1. The SMILES string of the molecule is O=C(NCC(O)COc1ccc(F)cc1)C1CC1. The van der Waals surface area contributed by atoms with Gasteiger partial charge < -0.3 is 15.2 Å². The van der Waals surface area contributed by atoms with Gasteiger partial charge in [-0.3, -0.25) is 4.79 Å². The number of ether oxygens (including phenoxy) is 1. The first-order valence-electron chi connectivity index (χ1n) is 5.99. The fourth-order valence-electron chi connectivity index (χ4n) is 1.49. The van der Waals surface area contributed by atoms with Gasteiger partial charge in [-0.05, 0) is 37.1 Å². The molecule has 1 amide bonds. The van der Waals surface area contributed by atoms with Crippen LogP contribution in [0.2, 0.25) is 0 Å². The summed E-state index contributed by atoms with van der Waals surface area (Å²) in [4.78, 5) is 11.3. The summed E-state index contributed by atoms with van der Waals surface area (Å²) >= 11 is 0. The predicted octanol–water partition coefficient (Wildman–Crippen LogP) is 1.09. The third-order valence-electron chi connectivity index (χ3n) is 2.72. The van der Waals surface area contributed by atoms with E-state index in [9.17, 15) is 14.3 Å². The lowest BCUT2D eigenvalue weighted by atomic mass is 10.3. The van der Waals surface area contributed by atoms with Crippen LogP contribution in [0.25, 0.3) is 0 Å². The molecule has 1 aliphatic rings. The molecule has 0 spiro atoms. The minimum atomic E-state index is -0.766. The maximum atomic E-state index is 12.6. The number of benzene rings is 1. The van der Waals surface area contributed by atoms with Crippen molar-refractivity contribution in [3.05, 3.63) is 30.1 Å². The Morgan fingerprint density at radius 1 is 1.44 bits per heavy atom. The van der Waals surface area contributed by atoms with Crippen LogP contribution >= 0.6 is 0 Å². The Kier molecular flexibility index (Phi) is 4.15.